The van der Waals surface area contributed by atoms with Crippen molar-refractivity contribution in [3.8, 4) is 5.75 Å². The summed E-state index contributed by atoms with van der Waals surface area (Å²) in [6.45, 7) is 3.62. The Morgan fingerprint density at radius 2 is 2.08 bits per heavy atom. The first-order valence-corrected chi connectivity index (χ1v) is 4.37. The molecule has 3 heteroatoms. The van der Waals surface area contributed by atoms with E-state index >= 15 is 0 Å². The zero-order chi connectivity index (χ0) is 10.0. The van der Waals surface area contributed by atoms with Crippen molar-refractivity contribution in [2.75, 3.05) is 0 Å². The van der Waals surface area contributed by atoms with Crippen molar-refractivity contribution in [2.24, 2.45) is 0 Å². The maximum atomic E-state index is 10.3. The molecule has 2 nitrogen and oxygen atoms in total. The second-order valence-electron chi connectivity index (χ2n) is 2.99. The number of rotatable bonds is 2. The van der Waals surface area contributed by atoms with E-state index < -0.39 is 0 Å². The first-order chi connectivity index (χ1) is 6.07. The van der Waals surface area contributed by atoms with Crippen LogP contribution in [0.25, 0.3) is 0 Å². The summed E-state index contributed by atoms with van der Waals surface area (Å²) in [5, 5.41) is 10.2. The third-order valence-corrected chi connectivity index (χ3v) is 2.58. The quantitative estimate of drug-likeness (QED) is 0.741. The standard InChI is InChI=1S/C10H11ClO2/c1-6-7(2)10(13)8(3-4-12)5-9(6)11/h4-5,13H,3H2,1-2H3. The van der Waals surface area contributed by atoms with Crippen molar-refractivity contribution in [3.05, 3.63) is 27.8 Å². The summed E-state index contributed by atoms with van der Waals surface area (Å²) < 4.78 is 0. The molecular formula is C10H11ClO2. The van der Waals surface area contributed by atoms with Crippen molar-refractivity contribution < 1.29 is 9.90 Å². The van der Waals surface area contributed by atoms with Gasteiger partial charge >= 0.3 is 0 Å². The maximum Gasteiger partial charge on any atom is 0.124 e. The van der Waals surface area contributed by atoms with Gasteiger partial charge in [0.05, 0.1) is 0 Å². The number of phenolic OH excluding ortho intramolecular Hbond substituents is 1. The lowest BCUT2D eigenvalue weighted by Gasteiger charge is -2.09. The predicted octanol–water partition coefficient (Wildman–Crippen LogP) is 2.40. The molecular weight excluding hydrogens is 188 g/mol. The Morgan fingerprint density at radius 3 is 2.62 bits per heavy atom. The smallest absolute Gasteiger partial charge is 0.124 e. The van der Waals surface area contributed by atoms with Crippen molar-refractivity contribution in [3.63, 3.8) is 0 Å². The lowest BCUT2D eigenvalue weighted by molar-refractivity contribution is -0.107. The fraction of sp³-hybridized carbons (Fsp3) is 0.300. The number of aldehydes is 1. The van der Waals surface area contributed by atoms with E-state index in [9.17, 15) is 9.90 Å². The Balaban J connectivity index is 3.31. The fourth-order valence-electron chi connectivity index (χ4n) is 1.17. The van der Waals surface area contributed by atoms with Crippen LogP contribution in [0.3, 0.4) is 0 Å². The van der Waals surface area contributed by atoms with Crippen molar-refractivity contribution in [1.82, 2.24) is 0 Å². The zero-order valence-corrected chi connectivity index (χ0v) is 8.35. The van der Waals surface area contributed by atoms with Crippen LogP contribution in [0.4, 0.5) is 0 Å². The molecule has 70 valence electrons. The predicted molar refractivity (Wildman–Crippen MR) is 52.4 cm³/mol. The van der Waals surface area contributed by atoms with Crippen molar-refractivity contribution in [2.45, 2.75) is 20.3 Å². The van der Waals surface area contributed by atoms with E-state index in [2.05, 4.69) is 0 Å². The Bertz CT molecular complexity index is 345. The van der Waals surface area contributed by atoms with E-state index in [-0.39, 0.29) is 12.2 Å². The molecule has 0 atom stereocenters. The Hall–Kier alpha value is -1.02. The lowest BCUT2D eigenvalue weighted by Crippen LogP contribution is -1.92. The fourth-order valence-corrected chi connectivity index (χ4v) is 1.45. The Morgan fingerprint density at radius 1 is 1.46 bits per heavy atom. The minimum Gasteiger partial charge on any atom is -0.507 e. The highest BCUT2D eigenvalue weighted by Gasteiger charge is 2.09. The minimum atomic E-state index is 0.175. The number of carbonyl (C=O) groups is 1. The van der Waals surface area contributed by atoms with Crippen LogP contribution in [-0.2, 0) is 11.2 Å². The van der Waals surface area contributed by atoms with Gasteiger partial charge in [-0.25, -0.2) is 0 Å². The first-order valence-electron chi connectivity index (χ1n) is 3.99. The number of hydrogen-bond donors (Lipinski definition) is 1. The average molecular weight is 199 g/mol. The summed E-state index contributed by atoms with van der Waals surface area (Å²) >= 11 is 5.90. The van der Waals surface area contributed by atoms with Crippen molar-refractivity contribution >= 4 is 17.9 Å². The zero-order valence-electron chi connectivity index (χ0n) is 7.60. The van der Waals surface area contributed by atoms with E-state index in [0.29, 0.717) is 10.6 Å². The lowest BCUT2D eigenvalue weighted by atomic mass is 10.0. The van der Waals surface area contributed by atoms with Crippen LogP contribution >= 0.6 is 11.6 Å². The van der Waals surface area contributed by atoms with Crippen LogP contribution in [-0.4, -0.2) is 11.4 Å². The van der Waals surface area contributed by atoms with Crippen LogP contribution < -0.4 is 0 Å². The second kappa shape index (κ2) is 3.79. The van der Waals surface area contributed by atoms with Gasteiger partial charge in [0.1, 0.15) is 12.0 Å². The van der Waals surface area contributed by atoms with E-state index in [0.717, 1.165) is 17.4 Å². The molecule has 0 aliphatic heterocycles. The molecule has 0 spiro atoms. The topological polar surface area (TPSA) is 37.3 Å². The van der Waals surface area contributed by atoms with Crippen LogP contribution in [0.15, 0.2) is 6.07 Å². The molecule has 0 heterocycles. The first kappa shape index (κ1) is 10.1. The molecule has 0 saturated carbocycles. The summed E-state index contributed by atoms with van der Waals surface area (Å²) in [5.41, 5.74) is 2.18. The molecule has 0 unspecified atom stereocenters. The molecule has 0 radical (unpaired) electrons. The second-order valence-corrected chi connectivity index (χ2v) is 3.39. The van der Waals surface area contributed by atoms with E-state index in [1.807, 2.05) is 6.92 Å². The van der Waals surface area contributed by atoms with Crippen LogP contribution in [0.1, 0.15) is 16.7 Å². The number of halogens is 1. The van der Waals surface area contributed by atoms with Gasteiger partial charge in [-0.3, -0.25) is 0 Å². The van der Waals surface area contributed by atoms with Crippen LogP contribution in [0.2, 0.25) is 5.02 Å². The summed E-state index contributed by atoms with van der Waals surface area (Å²) in [6, 6.07) is 1.63. The molecule has 1 aromatic rings. The van der Waals surface area contributed by atoms with Crippen LogP contribution in [0.5, 0.6) is 5.75 Å². The number of aromatic hydroxyl groups is 1. The molecule has 1 N–H and O–H groups in total. The number of phenols is 1. The summed E-state index contributed by atoms with van der Waals surface area (Å²) in [4.78, 5) is 10.3. The maximum absolute atomic E-state index is 10.3. The highest BCUT2D eigenvalue weighted by Crippen LogP contribution is 2.30. The van der Waals surface area contributed by atoms with E-state index in [1.54, 1.807) is 13.0 Å². The largest absolute Gasteiger partial charge is 0.507 e. The minimum absolute atomic E-state index is 0.175. The molecule has 0 aliphatic carbocycles. The summed E-state index contributed by atoms with van der Waals surface area (Å²) in [5.74, 6) is 0.175. The van der Waals surface area contributed by atoms with Gasteiger partial charge in [0.25, 0.3) is 0 Å². The third kappa shape index (κ3) is 1.83. The molecule has 0 fully saturated rings. The summed E-state index contributed by atoms with van der Waals surface area (Å²) in [6.07, 6.45) is 0.951. The Kier molecular flexibility index (Phi) is 2.94. The molecule has 0 bridgehead atoms. The molecule has 0 aromatic heterocycles. The molecule has 13 heavy (non-hydrogen) atoms. The molecule has 1 aromatic carbocycles. The SMILES string of the molecule is Cc1c(Cl)cc(CC=O)c(O)c1C. The van der Waals surface area contributed by atoms with Gasteiger partial charge in [0, 0.05) is 17.0 Å². The van der Waals surface area contributed by atoms with Gasteiger partial charge in [-0.05, 0) is 31.0 Å². The van der Waals surface area contributed by atoms with Gasteiger partial charge < -0.3 is 9.90 Å². The molecule has 0 amide bonds. The monoisotopic (exact) mass is 198 g/mol. The van der Waals surface area contributed by atoms with E-state index in [4.69, 9.17) is 11.6 Å². The highest BCUT2D eigenvalue weighted by molar-refractivity contribution is 6.31. The molecule has 1 rings (SSSR count). The normalized spacial score (nSPS) is 10.1. The summed E-state index contributed by atoms with van der Waals surface area (Å²) in [7, 11) is 0. The van der Waals surface area contributed by atoms with Crippen molar-refractivity contribution in [1.29, 1.82) is 0 Å². The average Bonchev–Trinajstić information content (AvgIpc) is 2.11. The molecule has 0 saturated heterocycles. The van der Waals surface area contributed by atoms with E-state index in [1.165, 1.54) is 0 Å². The van der Waals surface area contributed by atoms with Gasteiger partial charge in [0.2, 0.25) is 0 Å². The van der Waals surface area contributed by atoms with Crippen LogP contribution in [0, 0.1) is 13.8 Å². The number of carbonyl (C=O) groups excluding carboxylic acids is 1. The number of benzene rings is 1. The number of hydrogen-bond acceptors (Lipinski definition) is 2. The van der Waals surface area contributed by atoms with Gasteiger partial charge in [-0.15, -0.1) is 0 Å². The third-order valence-electron chi connectivity index (χ3n) is 2.18. The van der Waals surface area contributed by atoms with Gasteiger partial charge in [0.15, 0.2) is 0 Å². The molecule has 0 aliphatic rings. The highest BCUT2D eigenvalue weighted by atomic mass is 35.5. The van der Waals surface area contributed by atoms with Gasteiger partial charge in [-0.1, -0.05) is 11.6 Å². The van der Waals surface area contributed by atoms with Gasteiger partial charge in [-0.2, -0.15) is 0 Å². The Labute approximate surface area is 82.2 Å².